The van der Waals surface area contributed by atoms with E-state index < -0.39 is 43.1 Å². The number of carbonyl (C=O) groups excluding carboxylic acids is 2. The maximum Gasteiger partial charge on any atom is 0.397 e. The van der Waals surface area contributed by atoms with E-state index in [1.807, 2.05) is 13.8 Å². The minimum absolute atomic E-state index is 0.00830. The highest BCUT2D eigenvalue weighted by molar-refractivity contribution is 5.99. The minimum atomic E-state index is -4.50. The van der Waals surface area contributed by atoms with Gasteiger partial charge in [-0.25, -0.2) is 0 Å². The Morgan fingerprint density at radius 1 is 1.30 bits per heavy atom. The van der Waals surface area contributed by atoms with Crippen molar-refractivity contribution in [1.82, 2.24) is 10.2 Å². The summed E-state index contributed by atoms with van der Waals surface area (Å²) in [5.74, 6) is -2.89. The van der Waals surface area contributed by atoms with Crippen molar-refractivity contribution in [1.29, 1.82) is 0 Å². The number of aliphatic hydroxyl groups is 1. The second kappa shape index (κ2) is 8.29. The van der Waals surface area contributed by atoms with Gasteiger partial charge in [-0.15, -0.1) is 0 Å². The summed E-state index contributed by atoms with van der Waals surface area (Å²) < 4.78 is 40.3. The molecular formula is C19H25F3N2O3. The fraction of sp³-hybridized carbons (Fsp3) is 0.579. The van der Waals surface area contributed by atoms with Crippen molar-refractivity contribution >= 4 is 11.8 Å². The molecule has 1 saturated carbocycles. The molecule has 1 aromatic rings. The number of fused-ring (bicyclic) bond motifs is 1. The van der Waals surface area contributed by atoms with Crippen LogP contribution in [0.15, 0.2) is 18.2 Å². The van der Waals surface area contributed by atoms with Crippen LogP contribution in [-0.4, -0.2) is 53.2 Å². The molecule has 1 fully saturated rings. The molecule has 2 amide bonds. The molecule has 8 heteroatoms. The third kappa shape index (κ3) is 4.80. The Hall–Kier alpha value is -2.09. The number of carbonyl (C=O) groups is 2. The monoisotopic (exact) mass is 386 g/mol. The molecule has 1 aliphatic heterocycles. The molecule has 0 radical (unpaired) electrons. The Balaban J connectivity index is 0.00000126. The summed E-state index contributed by atoms with van der Waals surface area (Å²) >= 11 is 0. The van der Waals surface area contributed by atoms with E-state index in [1.165, 1.54) is 12.1 Å². The molecule has 3 rings (SSSR count). The zero-order valence-corrected chi connectivity index (χ0v) is 15.6. The van der Waals surface area contributed by atoms with Crippen molar-refractivity contribution < 1.29 is 27.9 Å². The van der Waals surface area contributed by atoms with E-state index in [1.54, 1.807) is 13.0 Å². The third-order valence-corrected chi connectivity index (χ3v) is 4.71. The summed E-state index contributed by atoms with van der Waals surface area (Å²) in [7, 11) is 0. The first-order chi connectivity index (χ1) is 12.6. The Morgan fingerprint density at radius 3 is 2.48 bits per heavy atom. The Labute approximate surface area is 156 Å². The quantitative estimate of drug-likeness (QED) is 0.839. The fourth-order valence-electron chi connectivity index (χ4n) is 3.31. The van der Waals surface area contributed by atoms with E-state index in [0.717, 1.165) is 4.90 Å². The van der Waals surface area contributed by atoms with Gasteiger partial charge < -0.3 is 15.3 Å². The molecular weight excluding hydrogens is 361 g/mol. The molecule has 1 aromatic carbocycles. The van der Waals surface area contributed by atoms with Crippen molar-refractivity contribution in [3.8, 4) is 0 Å². The lowest BCUT2D eigenvalue weighted by atomic mass is 9.87. The molecule has 1 heterocycles. The van der Waals surface area contributed by atoms with Crippen LogP contribution in [0.5, 0.6) is 0 Å². The van der Waals surface area contributed by atoms with Gasteiger partial charge in [0.25, 0.3) is 5.91 Å². The average Bonchev–Trinajstić information content (AvgIpc) is 2.56. The Kier molecular flexibility index (Phi) is 6.51. The lowest BCUT2D eigenvalue weighted by Gasteiger charge is -2.36. The lowest BCUT2D eigenvalue weighted by Crippen LogP contribution is -2.52. The number of hydrogen-bond acceptors (Lipinski definition) is 3. The van der Waals surface area contributed by atoms with Gasteiger partial charge in [-0.05, 0) is 31.4 Å². The van der Waals surface area contributed by atoms with Crippen LogP contribution in [0, 0.1) is 6.92 Å². The molecule has 2 N–H and O–H groups in total. The molecule has 0 saturated heterocycles. The molecule has 1 aliphatic carbocycles. The number of aryl methyl sites for hydroxylation is 1. The zero-order valence-electron chi connectivity index (χ0n) is 15.6. The highest BCUT2D eigenvalue weighted by Crippen LogP contribution is 2.40. The first-order valence-corrected chi connectivity index (χ1v) is 9.09. The summed E-state index contributed by atoms with van der Waals surface area (Å²) in [6, 6.07) is 4.18. The van der Waals surface area contributed by atoms with Crippen LogP contribution < -0.4 is 5.32 Å². The lowest BCUT2D eigenvalue weighted by molar-refractivity contribution is -0.155. The number of aliphatic hydroxyl groups excluding tert-OH is 1. The minimum Gasteiger partial charge on any atom is -0.393 e. The van der Waals surface area contributed by atoms with E-state index in [-0.39, 0.29) is 17.2 Å². The van der Waals surface area contributed by atoms with Crippen LogP contribution in [0.1, 0.15) is 54.1 Å². The number of nitrogens with one attached hydrogen (secondary N) is 1. The smallest absolute Gasteiger partial charge is 0.393 e. The van der Waals surface area contributed by atoms with Crippen LogP contribution >= 0.6 is 0 Å². The van der Waals surface area contributed by atoms with Crippen LogP contribution in [0.25, 0.3) is 0 Å². The number of rotatable bonds is 3. The number of amides is 2. The first kappa shape index (κ1) is 21.2. The van der Waals surface area contributed by atoms with Gasteiger partial charge in [-0.3, -0.25) is 9.59 Å². The van der Waals surface area contributed by atoms with Gasteiger partial charge in [0.05, 0.1) is 18.6 Å². The molecule has 27 heavy (non-hydrogen) atoms. The van der Waals surface area contributed by atoms with Gasteiger partial charge in [0, 0.05) is 18.2 Å². The molecule has 2 aliphatic rings. The van der Waals surface area contributed by atoms with Gasteiger partial charge in [0.15, 0.2) is 0 Å². The molecule has 0 bridgehead atoms. The van der Waals surface area contributed by atoms with Crippen LogP contribution in [0.2, 0.25) is 0 Å². The van der Waals surface area contributed by atoms with Gasteiger partial charge in [0.2, 0.25) is 5.91 Å². The molecule has 1 atom stereocenters. The highest BCUT2D eigenvalue weighted by Gasteiger charge is 2.47. The van der Waals surface area contributed by atoms with E-state index in [9.17, 15) is 27.9 Å². The predicted octanol–water partition coefficient (Wildman–Crippen LogP) is 2.76. The topological polar surface area (TPSA) is 69.6 Å². The number of alkyl halides is 3. The molecule has 5 nitrogen and oxygen atoms in total. The van der Waals surface area contributed by atoms with Gasteiger partial charge in [-0.2, -0.15) is 13.2 Å². The third-order valence-electron chi connectivity index (χ3n) is 4.71. The van der Waals surface area contributed by atoms with Crippen LogP contribution in [-0.2, 0) is 4.79 Å². The van der Waals surface area contributed by atoms with E-state index in [4.69, 9.17) is 0 Å². The first-order valence-electron chi connectivity index (χ1n) is 9.09. The van der Waals surface area contributed by atoms with Crippen molar-refractivity contribution in [3.05, 3.63) is 34.9 Å². The Bertz CT molecular complexity index is 700. The van der Waals surface area contributed by atoms with Crippen molar-refractivity contribution in [2.24, 2.45) is 0 Å². The maximum absolute atomic E-state index is 13.4. The zero-order chi connectivity index (χ0) is 20.4. The summed E-state index contributed by atoms with van der Waals surface area (Å²) in [4.78, 5) is 25.5. The maximum atomic E-state index is 13.4. The molecule has 1 unspecified atom stereocenters. The summed E-state index contributed by atoms with van der Waals surface area (Å²) in [6.45, 7) is 4.68. The Morgan fingerprint density at radius 2 is 1.93 bits per heavy atom. The second-order valence-corrected chi connectivity index (χ2v) is 6.76. The number of hydrogen-bond donors (Lipinski definition) is 2. The number of halogens is 3. The highest BCUT2D eigenvalue weighted by atomic mass is 19.4. The summed E-state index contributed by atoms with van der Waals surface area (Å²) in [5.41, 5.74) is 0.609. The normalized spacial score (nSPS) is 24.3. The molecule has 0 aromatic heterocycles. The average molecular weight is 386 g/mol. The van der Waals surface area contributed by atoms with Crippen LogP contribution in [0.3, 0.4) is 0 Å². The van der Waals surface area contributed by atoms with Crippen molar-refractivity contribution in [2.75, 3.05) is 13.1 Å². The number of benzene rings is 1. The number of nitrogens with zero attached hydrogens (tertiary/aromatic N) is 1. The predicted molar refractivity (Wildman–Crippen MR) is 94.4 cm³/mol. The largest absolute Gasteiger partial charge is 0.397 e. The van der Waals surface area contributed by atoms with E-state index >= 15 is 0 Å². The summed E-state index contributed by atoms with van der Waals surface area (Å²) in [6.07, 6.45) is -4.11. The van der Waals surface area contributed by atoms with Gasteiger partial charge >= 0.3 is 6.18 Å². The second-order valence-electron chi connectivity index (χ2n) is 6.76. The SMILES string of the molecule is CC.Cc1ccc2c(c1)C(C(F)(F)F)CN(CC(=O)NC1CC(O)C1)C2=O. The van der Waals surface area contributed by atoms with Gasteiger partial charge in [0.1, 0.15) is 0 Å². The van der Waals surface area contributed by atoms with E-state index in [0.29, 0.717) is 18.4 Å². The fourth-order valence-corrected chi connectivity index (χ4v) is 3.31. The van der Waals surface area contributed by atoms with Crippen LogP contribution in [0.4, 0.5) is 13.2 Å². The van der Waals surface area contributed by atoms with Crippen molar-refractivity contribution in [2.45, 2.75) is 57.9 Å². The molecule has 0 spiro atoms. The van der Waals surface area contributed by atoms with E-state index in [2.05, 4.69) is 5.32 Å². The van der Waals surface area contributed by atoms with Crippen molar-refractivity contribution in [3.63, 3.8) is 0 Å². The van der Waals surface area contributed by atoms with Gasteiger partial charge in [-0.1, -0.05) is 31.5 Å². The molecule has 150 valence electrons. The summed E-state index contributed by atoms with van der Waals surface area (Å²) in [5, 5.41) is 11.8. The standard InChI is InChI=1S/C17H19F3N2O3.C2H6/c1-9-2-3-12-13(4-9)14(17(18,19)20)7-22(16(12)25)8-15(24)21-10-5-11(23)6-10;1-2/h2-4,10-11,14,23H,5-8H2,1H3,(H,21,24);1-2H3.